The first kappa shape index (κ1) is 16.4. The summed E-state index contributed by atoms with van der Waals surface area (Å²) in [7, 11) is 0. The van der Waals surface area contributed by atoms with E-state index in [0.29, 0.717) is 12.6 Å². The van der Waals surface area contributed by atoms with Gasteiger partial charge in [-0.3, -0.25) is 0 Å². The molecule has 2 aliphatic rings. The van der Waals surface area contributed by atoms with Crippen LogP contribution in [0.3, 0.4) is 0 Å². The lowest BCUT2D eigenvalue weighted by Crippen LogP contribution is -2.43. The van der Waals surface area contributed by atoms with E-state index >= 15 is 0 Å². The molecule has 1 unspecified atom stereocenters. The second kappa shape index (κ2) is 6.72. The van der Waals surface area contributed by atoms with E-state index in [-0.39, 0.29) is 12.1 Å². The lowest BCUT2D eigenvalue weighted by atomic mass is 10.2. The smallest absolute Gasteiger partial charge is 0.317 e. The van der Waals surface area contributed by atoms with Crippen molar-refractivity contribution < 1.29 is 9.21 Å². The van der Waals surface area contributed by atoms with Gasteiger partial charge in [-0.25, -0.2) is 14.8 Å². The molecule has 2 fully saturated rings. The number of furan rings is 1. The first-order valence-electron chi connectivity index (χ1n) is 9.72. The van der Waals surface area contributed by atoms with Gasteiger partial charge in [-0.2, -0.15) is 0 Å². The lowest BCUT2D eigenvalue weighted by molar-refractivity contribution is 0.203. The van der Waals surface area contributed by atoms with Crippen LogP contribution in [-0.2, 0) is 0 Å². The fourth-order valence-corrected chi connectivity index (χ4v) is 4.33. The van der Waals surface area contributed by atoms with Gasteiger partial charge < -0.3 is 19.2 Å². The number of urea groups is 1. The van der Waals surface area contributed by atoms with Crippen LogP contribution in [0, 0.1) is 0 Å². The molecule has 1 saturated heterocycles. The van der Waals surface area contributed by atoms with Crippen LogP contribution < -0.4 is 5.32 Å². The van der Waals surface area contributed by atoms with Gasteiger partial charge >= 0.3 is 6.03 Å². The number of imidazole rings is 1. The summed E-state index contributed by atoms with van der Waals surface area (Å²) >= 11 is 0. The molecule has 5 rings (SSSR count). The van der Waals surface area contributed by atoms with Crippen molar-refractivity contribution in [3.63, 3.8) is 0 Å². The average Bonchev–Trinajstić information content (AvgIpc) is 3.46. The molecule has 0 spiro atoms. The molecule has 1 saturated carbocycles. The van der Waals surface area contributed by atoms with Crippen LogP contribution in [0.25, 0.3) is 22.7 Å². The van der Waals surface area contributed by atoms with Crippen molar-refractivity contribution in [2.75, 3.05) is 13.1 Å². The topological polar surface area (TPSA) is 76.2 Å². The number of rotatable bonds is 3. The van der Waals surface area contributed by atoms with Crippen molar-refractivity contribution >= 4 is 17.2 Å². The number of carbonyl (C=O) groups is 1. The molecule has 1 atom stereocenters. The molecular weight excluding hydrogens is 342 g/mol. The van der Waals surface area contributed by atoms with Crippen LogP contribution in [0.2, 0.25) is 0 Å². The van der Waals surface area contributed by atoms with Crippen molar-refractivity contribution in [3.8, 4) is 11.6 Å². The number of pyridine rings is 1. The molecule has 4 heterocycles. The Morgan fingerprint density at radius 2 is 2.07 bits per heavy atom. The van der Waals surface area contributed by atoms with E-state index < -0.39 is 0 Å². The zero-order valence-electron chi connectivity index (χ0n) is 15.2. The van der Waals surface area contributed by atoms with Crippen LogP contribution in [0.15, 0.2) is 41.1 Å². The van der Waals surface area contributed by atoms with Gasteiger partial charge in [0.15, 0.2) is 17.2 Å². The fourth-order valence-electron chi connectivity index (χ4n) is 4.33. The SMILES string of the molecule is O=C(NC1CCCC1)N1CCC(n2c(-c3ccco3)nc3cccnc32)C1. The Hall–Kier alpha value is -2.83. The van der Waals surface area contributed by atoms with Gasteiger partial charge in [0.05, 0.1) is 12.3 Å². The molecule has 140 valence electrons. The molecule has 2 amide bonds. The zero-order valence-corrected chi connectivity index (χ0v) is 15.2. The Bertz CT molecular complexity index is 943. The van der Waals surface area contributed by atoms with Crippen LogP contribution in [0.5, 0.6) is 0 Å². The first-order valence-corrected chi connectivity index (χ1v) is 9.72. The summed E-state index contributed by atoms with van der Waals surface area (Å²) in [6, 6.07) is 8.16. The van der Waals surface area contributed by atoms with E-state index in [2.05, 4.69) is 14.9 Å². The molecule has 3 aromatic rings. The maximum Gasteiger partial charge on any atom is 0.317 e. The third-order valence-electron chi connectivity index (χ3n) is 5.69. The highest BCUT2D eigenvalue weighted by Crippen LogP contribution is 2.32. The standard InChI is InChI=1S/C20H23N5O2/c26-20(22-14-5-1-2-6-14)24-11-9-15(13-24)25-18-16(7-3-10-21-18)23-19(25)17-8-4-12-27-17/h3-4,7-8,10,12,14-15H,1-2,5-6,9,11,13H2,(H,22,26). The first-order chi connectivity index (χ1) is 13.3. The predicted molar refractivity (Wildman–Crippen MR) is 101 cm³/mol. The molecule has 1 aliphatic heterocycles. The molecular formula is C20H23N5O2. The van der Waals surface area contributed by atoms with Crippen LogP contribution >= 0.6 is 0 Å². The van der Waals surface area contributed by atoms with E-state index in [4.69, 9.17) is 9.40 Å². The fraction of sp³-hybridized carbons (Fsp3) is 0.450. The minimum atomic E-state index is 0.0568. The number of hydrogen-bond donors (Lipinski definition) is 1. The second-order valence-electron chi connectivity index (χ2n) is 7.45. The number of amides is 2. The van der Waals surface area contributed by atoms with Crippen LogP contribution in [0.4, 0.5) is 4.79 Å². The molecule has 0 aromatic carbocycles. The third-order valence-corrected chi connectivity index (χ3v) is 5.69. The zero-order chi connectivity index (χ0) is 18.2. The number of carbonyl (C=O) groups excluding carboxylic acids is 1. The second-order valence-corrected chi connectivity index (χ2v) is 7.45. The van der Waals surface area contributed by atoms with E-state index in [1.165, 1.54) is 12.8 Å². The summed E-state index contributed by atoms with van der Waals surface area (Å²) in [6.45, 7) is 1.40. The van der Waals surface area contributed by atoms with Crippen molar-refractivity contribution in [3.05, 3.63) is 36.7 Å². The van der Waals surface area contributed by atoms with E-state index in [0.717, 1.165) is 48.6 Å². The summed E-state index contributed by atoms with van der Waals surface area (Å²) in [5.74, 6) is 1.50. The molecule has 0 radical (unpaired) electrons. The molecule has 1 aliphatic carbocycles. The molecule has 1 N–H and O–H groups in total. The Morgan fingerprint density at radius 1 is 1.19 bits per heavy atom. The summed E-state index contributed by atoms with van der Waals surface area (Å²) < 4.78 is 7.74. The molecule has 0 bridgehead atoms. The number of nitrogens with zero attached hydrogens (tertiary/aromatic N) is 4. The van der Waals surface area contributed by atoms with Crippen molar-refractivity contribution in [1.29, 1.82) is 0 Å². The Morgan fingerprint density at radius 3 is 2.89 bits per heavy atom. The minimum Gasteiger partial charge on any atom is -0.461 e. The number of likely N-dealkylation sites (tertiary alicyclic amines) is 1. The molecule has 3 aromatic heterocycles. The van der Waals surface area contributed by atoms with Crippen molar-refractivity contribution in [1.82, 2.24) is 24.8 Å². The summed E-state index contributed by atoms with van der Waals surface area (Å²) in [5.41, 5.74) is 1.68. The van der Waals surface area contributed by atoms with Gasteiger partial charge in [-0.05, 0) is 43.5 Å². The predicted octanol–water partition coefficient (Wildman–Crippen LogP) is 3.59. The Labute approximate surface area is 157 Å². The quantitative estimate of drug-likeness (QED) is 0.769. The largest absolute Gasteiger partial charge is 0.461 e. The van der Waals surface area contributed by atoms with Gasteiger partial charge in [0.25, 0.3) is 0 Å². The maximum atomic E-state index is 12.6. The monoisotopic (exact) mass is 365 g/mol. The van der Waals surface area contributed by atoms with Crippen LogP contribution in [-0.4, -0.2) is 44.6 Å². The van der Waals surface area contributed by atoms with E-state index in [1.807, 2.05) is 29.2 Å². The van der Waals surface area contributed by atoms with E-state index in [9.17, 15) is 4.79 Å². The number of hydrogen-bond acceptors (Lipinski definition) is 4. The van der Waals surface area contributed by atoms with E-state index in [1.54, 1.807) is 12.5 Å². The summed E-state index contributed by atoms with van der Waals surface area (Å²) in [4.78, 5) is 23.9. The van der Waals surface area contributed by atoms with Gasteiger partial charge in [-0.1, -0.05) is 12.8 Å². The normalized spacial score (nSPS) is 20.6. The number of nitrogens with one attached hydrogen (secondary N) is 1. The molecule has 7 nitrogen and oxygen atoms in total. The highest BCUT2D eigenvalue weighted by molar-refractivity contribution is 5.77. The third kappa shape index (κ3) is 2.97. The highest BCUT2D eigenvalue weighted by Gasteiger charge is 2.32. The van der Waals surface area contributed by atoms with Crippen molar-refractivity contribution in [2.24, 2.45) is 0 Å². The van der Waals surface area contributed by atoms with Gasteiger partial charge in [0.1, 0.15) is 5.52 Å². The minimum absolute atomic E-state index is 0.0568. The molecule has 27 heavy (non-hydrogen) atoms. The van der Waals surface area contributed by atoms with Crippen LogP contribution in [0.1, 0.15) is 38.1 Å². The summed E-state index contributed by atoms with van der Waals surface area (Å²) in [6.07, 6.45) is 8.95. The summed E-state index contributed by atoms with van der Waals surface area (Å²) in [5, 5.41) is 3.19. The Balaban J connectivity index is 1.42. The van der Waals surface area contributed by atoms with Crippen molar-refractivity contribution in [2.45, 2.75) is 44.2 Å². The van der Waals surface area contributed by atoms with Gasteiger partial charge in [0.2, 0.25) is 0 Å². The number of fused-ring (bicyclic) bond motifs is 1. The Kier molecular flexibility index (Phi) is 4.07. The maximum absolute atomic E-state index is 12.6. The van der Waals surface area contributed by atoms with Gasteiger partial charge in [-0.15, -0.1) is 0 Å². The highest BCUT2D eigenvalue weighted by atomic mass is 16.3. The average molecular weight is 365 g/mol. The lowest BCUT2D eigenvalue weighted by Gasteiger charge is -2.21. The number of aromatic nitrogens is 3. The van der Waals surface area contributed by atoms with Gasteiger partial charge in [0, 0.05) is 25.3 Å². The molecule has 7 heteroatoms.